The number of carbonyl (C=O) groups excluding carboxylic acids is 2. The second-order valence-electron chi connectivity index (χ2n) is 6.92. The number of fused-ring (bicyclic) bond motifs is 1. The summed E-state index contributed by atoms with van der Waals surface area (Å²) in [4.78, 5) is 26.8. The number of nitrogens with zero attached hydrogens (tertiary/aromatic N) is 1. The van der Waals surface area contributed by atoms with E-state index in [2.05, 4.69) is 5.32 Å². The minimum Gasteiger partial charge on any atom is -0.486 e. The van der Waals surface area contributed by atoms with Crippen LogP contribution < -0.4 is 14.8 Å². The van der Waals surface area contributed by atoms with Crippen molar-refractivity contribution >= 4 is 23.4 Å². The zero-order chi connectivity index (χ0) is 20.8. The van der Waals surface area contributed by atoms with Crippen molar-refractivity contribution in [3.8, 4) is 11.5 Å². The number of nitrogens with one attached hydrogen (secondary N) is 1. The summed E-state index contributed by atoms with van der Waals surface area (Å²) in [7, 11) is 1.57. The fraction of sp³-hybridized carbons (Fsp3) is 0.364. The highest BCUT2D eigenvalue weighted by Crippen LogP contribution is 2.31. The summed E-state index contributed by atoms with van der Waals surface area (Å²) in [6.45, 7) is 3.14. The molecule has 1 aliphatic rings. The van der Waals surface area contributed by atoms with E-state index in [1.54, 1.807) is 31.0 Å². The maximum atomic E-state index is 13.0. The number of benzene rings is 2. The predicted molar refractivity (Wildman–Crippen MR) is 111 cm³/mol. The predicted octanol–water partition coefficient (Wildman–Crippen LogP) is 3.21. The molecule has 1 N–H and O–H groups in total. The van der Waals surface area contributed by atoms with Crippen LogP contribution in [0.5, 0.6) is 11.5 Å². The SMILES string of the molecule is CNC(=O)[C@@H](C)N(Cc1ccc(Cl)cc1)C(=O)CCc1ccc2c(c1)OCCO2. The van der Waals surface area contributed by atoms with Crippen molar-refractivity contribution in [3.63, 3.8) is 0 Å². The van der Waals surface area contributed by atoms with E-state index < -0.39 is 6.04 Å². The Bertz CT molecular complexity index is 870. The van der Waals surface area contributed by atoms with Gasteiger partial charge in [0.2, 0.25) is 11.8 Å². The highest BCUT2D eigenvalue weighted by atomic mass is 35.5. The van der Waals surface area contributed by atoms with Gasteiger partial charge in [0.25, 0.3) is 0 Å². The lowest BCUT2D eigenvalue weighted by atomic mass is 10.1. The van der Waals surface area contributed by atoms with E-state index in [1.807, 2.05) is 30.3 Å². The molecule has 2 aromatic carbocycles. The first kappa shape index (κ1) is 21.0. The van der Waals surface area contributed by atoms with Gasteiger partial charge in [-0.3, -0.25) is 9.59 Å². The average Bonchev–Trinajstić information content (AvgIpc) is 2.75. The molecule has 154 valence electrons. The molecule has 0 bridgehead atoms. The molecule has 0 aliphatic carbocycles. The first-order chi connectivity index (χ1) is 14.0. The van der Waals surface area contributed by atoms with E-state index in [9.17, 15) is 9.59 Å². The van der Waals surface area contributed by atoms with Gasteiger partial charge in [0.15, 0.2) is 11.5 Å². The van der Waals surface area contributed by atoms with Gasteiger partial charge >= 0.3 is 0 Å². The molecule has 29 heavy (non-hydrogen) atoms. The number of likely N-dealkylation sites (N-methyl/N-ethyl adjacent to an activating group) is 1. The number of ether oxygens (including phenoxy) is 2. The Morgan fingerprint density at radius 1 is 1.07 bits per heavy atom. The molecule has 0 saturated carbocycles. The number of hydrogen-bond donors (Lipinski definition) is 1. The monoisotopic (exact) mass is 416 g/mol. The van der Waals surface area contributed by atoms with E-state index in [1.165, 1.54) is 0 Å². The first-order valence-electron chi connectivity index (χ1n) is 9.62. The van der Waals surface area contributed by atoms with Crippen molar-refractivity contribution in [1.29, 1.82) is 0 Å². The lowest BCUT2D eigenvalue weighted by molar-refractivity contribution is -0.140. The van der Waals surface area contributed by atoms with Gasteiger partial charge in [-0.2, -0.15) is 0 Å². The van der Waals surface area contributed by atoms with Gasteiger partial charge in [-0.05, 0) is 48.7 Å². The topological polar surface area (TPSA) is 67.9 Å². The molecule has 0 aromatic heterocycles. The summed E-state index contributed by atoms with van der Waals surface area (Å²) in [5.74, 6) is 1.14. The highest BCUT2D eigenvalue weighted by Gasteiger charge is 2.25. The molecule has 2 amide bonds. The molecular formula is C22H25ClN2O4. The first-order valence-corrected chi connectivity index (χ1v) is 9.99. The molecule has 2 aromatic rings. The zero-order valence-electron chi connectivity index (χ0n) is 16.6. The fourth-order valence-electron chi connectivity index (χ4n) is 3.22. The maximum Gasteiger partial charge on any atom is 0.242 e. The van der Waals surface area contributed by atoms with Crippen molar-refractivity contribution in [3.05, 3.63) is 58.6 Å². The van der Waals surface area contributed by atoms with E-state index >= 15 is 0 Å². The van der Waals surface area contributed by atoms with Crippen molar-refractivity contribution < 1.29 is 19.1 Å². The molecule has 7 heteroatoms. The summed E-state index contributed by atoms with van der Waals surface area (Å²) < 4.78 is 11.1. The van der Waals surface area contributed by atoms with Crippen LogP contribution in [0.25, 0.3) is 0 Å². The number of halogens is 1. The third-order valence-electron chi connectivity index (χ3n) is 4.91. The van der Waals surface area contributed by atoms with E-state index in [-0.39, 0.29) is 18.2 Å². The molecule has 0 saturated heterocycles. The quantitative estimate of drug-likeness (QED) is 0.752. The largest absolute Gasteiger partial charge is 0.486 e. The number of amides is 2. The Morgan fingerprint density at radius 3 is 2.41 bits per heavy atom. The molecule has 6 nitrogen and oxygen atoms in total. The van der Waals surface area contributed by atoms with Crippen LogP contribution in [0.1, 0.15) is 24.5 Å². The van der Waals surface area contributed by atoms with Gasteiger partial charge in [-0.1, -0.05) is 29.8 Å². The third-order valence-corrected chi connectivity index (χ3v) is 5.17. The van der Waals surface area contributed by atoms with Gasteiger partial charge in [0.1, 0.15) is 19.3 Å². The summed E-state index contributed by atoms with van der Waals surface area (Å²) in [6, 6.07) is 12.4. The van der Waals surface area contributed by atoms with E-state index in [4.69, 9.17) is 21.1 Å². The van der Waals surface area contributed by atoms with Crippen molar-refractivity contribution in [2.24, 2.45) is 0 Å². The van der Waals surface area contributed by atoms with Crippen LogP contribution in [0.4, 0.5) is 0 Å². The van der Waals surface area contributed by atoms with Crippen LogP contribution in [0.15, 0.2) is 42.5 Å². The molecule has 0 radical (unpaired) electrons. The number of carbonyl (C=O) groups is 2. The minimum atomic E-state index is -0.580. The van der Waals surface area contributed by atoms with Crippen LogP contribution in [0, 0.1) is 0 Å². The minimum absolute atomic E-state index is 0.0917. The summed E-state index contributed by atoms with van der Waals surface area (Å²) in [5.41, 5.74) is 1.90. The molecule has 0 spiro atoms. The average molecular weight is 417 g/mol. The Kier molecular flexibility index (Phi) is 6.99. The Balaban J connectivity index is 1.70. The standard InChI is InChI=1S/C22H25ClN2O4/c1-15(22(27)24-2)25(14-17-3-7-18(23)8-4-17)21(26)10-6-16-5-9-19-20(13-16)29-12-11-28-19/h3-5,7-9,13,15H,6,10-12,14H2,1-2H3,(H,24,27)/t15-/m1/s1. The fourth-order valence-corrected chi connectivity index (χ4v) is 3.34. The maximum absolute atomic E-state index is 13.0. The summed E-state index contributed by atoms with van der Waals surface area (Å²) in [5, 5.41) is 3.25. The normalized spacial score (nSPS) is 13.5. The molecule has 1 heterocycles. The van der Waals surface area contributed by atoms with Crippen molar-refractivity contribution in [2.75, 3.05) is 20.3 Å². The van der Waals surface area contributed by atoms with Crippen LogP contribution in [0.3, 0.4) is 0 Å². The van der Waals surface area contributed by atoms with Gasteiger partial charge in [-0.25, -0.2) is 0 Å². The Labute approximate surface area is 175 Å². The molecule has 1 aliphatic heterocycles. The molecular weight excluding hydrogens is 392 g/mol. The molecule has 3 rings (SSSR count). The van der Waals surface area contributed by atoms with Gasteiger partial charge in [0.05, 0.1) is 0 Å². The Morgan fingerprint density at radius 2 is 1.72 bits per heavy atom. The smallest absolute Gasteiger partial charge is 0.242 e. The molecule has 0 unspecified atom stereocenters. The van der Waals surface area contributed by atoms with Crippen molar-refractivity contribution in [2.45, 2.75) is 32.4 Å². The van der Waals surface area contributed by atoms with Gasteiger partial charge < -0.3 is 19.7 Å². The van der Waals surface area contributed by atoms with E-state index in [0.717, 1.165) is 16.9 Å². The summed E-state index contributed by atoms with van der Waals surface area (Å²) >= 11 is 5.95. The second kappa shape index (κ2) is 9.65. The lowest BCUT2D eigenvalue weighted by Crippen LogP contribution is -2.46. The lowest BCUT2D eigenvalue weighted by Gasteiger charge is -2.28. The van der Waals surface area contributed by atoms with Crippen LogP contribution >= 0.6 is 11.6 Å². The molecule has 1 atom stereocenters. The zero-order valence-corrected chi connectivity index (χ0v) is 17.4. The van der Waals surface area contributed by atoms with Crippen LogP contribution in [0.2, 0.25) is 5.02 Å². The molecule has 0 fully saturated rings. The van der Waals surface area contributed by atoms with E-state index in [0.29, 0.717) is 37.0 Å². The highest BCUT2D eigenvalue weighted by molar-refractivity contribution is 6.30. The number of aryl methyl sites for hydroxylation is 1. The third kappa shape index (κ3) is 5.41. The van der Waals surface area contributed by atoms with Crippen LogP contribution in [-0.2, 0) is 22.6 Å². The van der Waals surface area contributed by atoms with Gasteiger partial charge in [-0.15, -0.1) is 0 Å². The van der Waals surface area contributed by atoms with Crippen molar-refractivity contribution in [1.82, 2.24) is 10.2 Å². The second-order valence-corrected chi connectivity index (χ2v) is 7.35. The Hall–Kier alpha value is -2.73. The summed E-state index contributed by atoms with van der Waals surface area (Å²) in [6.07, 6.45) is 0.835. The van der Waals surface area contributed by atoms with Crippen LogP contribution in [-0.4, -0.2) is 43.0 Å². The number of rotatable bonds is 7. The number of hydrogen-bond acceptors (Lipinski definition) is 4. The van der Waals surface area contributed by atoms with Gasteiger partial charge in [0, 0.05) is 25.0 Å².